The Kier molecular flexibility index (Phi) is 3.64. The third-order valence-corrected chi connectivity index (χ3v) is 5.48. The minimum Gasteiger partial charge on any atom is -0.497 e. The topological polar surface area (TPSA) is 35.5 Å². The molecule has 2 aromatic carbocycles. The maximum atomic E-state index is 13.1. The van der Waals surface area contributed by atoms with Crippen LogP contribution >= 0.6 is 0 Å². The molecule has 0 atom stereocenters. The molecule has 2 aliphatic rings. The Labute approximate surface area is 154 Å². The van der Waals surface area contributed by atoms with Gasteiger partial charge in [0.05, 0.1) is 12.7 Å². The van der Waals surface area contributed by atoms with E-state index in [0.717, 1.165) is 40.0 Å². The van der Waals surface area contributed by atoms with Crippen LogP contribution in [0.15, 0.2) is 48.0 Å². The van der Waals surface area contributed by atoms with E-state index in [1.54, 1.807) is 7.11 Å². The van der Waals surface area contributed by atoms with Gasteiger partial charge in [0, 0.05) is 5.57 Å². The highest BCUT2D eigenvalue weighted by Gasteiger charge is 2.48. The summed E-state index contributed by atoms with van der Waals surface area (Å²) in [6, 6.07) is 14.4. The Morgan fingerprint density at radius 3 is 2.23 bits per heavy atom. The molecule has 0 saturated heterocycles. The van der Waals surface area contributed by atoms with Crippen LogP contribution in [0.5, 0.6) is 5.75 Å². The summed E-state index contributed by atoms with van der Waals surface area (Å²) in [7, 11) is 1.67. The molecule has 26 heavy (non-hydrogen) atoms. The number of Topliss-reactive ketones (excluding diaryl/α,β-unsaturated/α-hetero) is 1. The number of rotatable bonds is 2. The Morgan fingerprint density at radius 1 is 0.923 bits per heavy atom. The van der Waals surface area contributed by atoms with E-state index in [0.29, 0.717) is 0 Å². The molecule has 3 nitrogen and oxygen atoms in total. The average Bonchev–Trinajstić information content (AvgIpc) is 2.99. The van der Waals surface area contributed by atoms with Crippen LogP contribution < -0.4 is 4.74 Å². The van der Waals surface area contributed by atoms with Crippen molar-refractivity contribution < 1.29 is 14.3 Å². The highest BCUT2D eigenvalue weighted by Crippen LogP contribution is 2.48. The van der Waals surface area contributed by atoms with E-state index in [4.69, 9.17) is 9.47 Å². The smallest absolute Gasteiger partial charge is 0.194 e. The second-order valence-electron chi connectivity index (χ2n) is 8.08. The van der Waals surface area contributed by atoms with Gasteiger partial charge in [-0.05, 0) is 80.1 Å². The molecule has 0 unspecified atom stereocenters. The van der Waals surface area contributed by atoms with Gasteiger partial charge in [-0.1, -0.05) is 24.3 Å². The zero-order valence-corrected chi connectivity index (χ0v) is 16.0. The fraction of sp³-hybridized carbons (Fsp3) is 0.348. The number of ketones is 1. The molecule has 0 saturated carbocycles. The van der Waals surface area contributed by atoms with Crippen LogP contribution in [0.1, 0.15) is 38.8 Å². The summed E-state index contributed by atoms with van der Waals surface area (Å²) in [6.45, 7) is 7.86. The van der Waals surface area contributed by atoms with Gasteiger partial charge in [-0.3, -0.25) is 4.79 Å². The molecular weight excluding hydrogens is 324 g/mol. The molecule has 1 aliphatic carbocycles. The minimum absolute atomic E-state index is 0.0810. The van der Waals surface area contributed by atoms with Crippen LogP contribution in [0, 0.1) is 0 Å². The van der Waals surface area contributed by atoms with E-state index in [-0.39, 0.29) is 5.78 Å². The molecule has 1 aliphatic heterocycles. The maximum Gasteiger partial charge on any atom is 0.194 e. The van der Waals surface area contributed by atoms with Crippen molar-refractivity contribution in [2.75, 3.05) is 7.11 Å². The lowest BCUT2D eigenvalue weighted by Gasteiger charge is -2.41. The second-order valence-corrected chi connectivity index (χ2v) is 8.08. The molecule has 4 rings (SSSR count). The van der Waals surface area contributed by atoms with Crippen LogP contribution in [0.3, 0.4) is 0 Å². The minimum atomic E-state index is -0.805. The lowest BCUT2D eigenvalue weighted by atomic mass is 9.82. The summed E-state index contributed by atoms with van der Waals surface area (Å²) >= 11 is 0. The molecule has 134 valence electrons. The predicted octanol–water partition coefficient (Wildman–Crippen LogP) is 4.83. The lowest BCUT2D eigenvalue weighted by Crippen LogP contribution is -2.48. The first-order valence-electron chi connectivity index (χ1n) is 8.99. The maximum absolute atomic E-state index is 13.1. The average molecular weight is 348 g/mol. The largest absolute Gasteiger partial charge is 0.497 e. The first-order valence-corrected chi connectivity index (χ1v) is 8.99. The Morgan fingerprint density at radius 2 is 1.58 bits per heavy atom. The monoisotopic (exact) mass is 348 g/mol. The third kappa shape index (κ3) is 2.50. The van der Waals surface area contributed by atoms with Crippen molar-refractivity contribution in [3.8, 4) is 16.9 Å². The highest BCUT2D eigenvalue weighted by molar-refractivity contribution is 6.27. The number of carbonyl (C=O) groups is 1. The molecule has 3 heteroatoms. The summed E-state index contributed by atoms with van der Waals surface area (Å²) in [5.41, 5.74) is 5.19. The predicted molar refractivity (Wildman–Crippen MR) is 103 cm³/mol. The molecule has 0 bridgehead atoms. The Hall–Kier alpha value is -2.39. The summed E-state index contributed by atoms with van der Waals surface area (Å²) in [5.74, 6) is 0.917. The molecule has 0 amide bonds. The van der Waals surface area contributed by atoms with E-state index in [1.165, 1.54) is 5.56 Å². The normalized spacial score (nSPS) is 20.0. The van der Waals surface area contributed by atoms with E-state index in [1.807, 2.05) is 38.1 Å². The number of hydrogen-bond donors (Lipinski definition) is 0. The number of methoxy groups -OCH3 is 1. The summed E-state index contributed by atoms with van der Waals surface area (Å²) < 4.78 is 11.4. The lowest BCUT2D eigenvalue weighted by molar-refractivity contribution is -0.152. The van der Waals surface area contributed by atoms with E-state index < -0.39 is 11.2 Å². The molecule has 0 radical (unpaired) electrons. The van der Waals surface area contributed by atoms with Crippen molar-refractivity contribution in [1.29, 1.82) is 0 Å². The SMILES string of the molecule is COc1ccc(-c2ccc3c(c2)C2=C(C3)C(C)(C)OC(C)(C)C2=O)cc1. The number of carbonyl (C=O) groups excluding carboxylic acids is 1. The number of benzene rings is 2. The fourth-order valence-corrected chi connectivity index (χ4v) is 4.19. The molecule has 0 aromatic heterocycles. The van der Waals surface area contributed by atoms with Crippen LogP contribution in [0.2, 0.25) is 0 Å². The van der Waals surface area contributed by atoms with Gasteiger partial charge in [0.2, 0.25) is 0 Å². The summed E-state index contributed by atoms with van der Waals surface area (Å²) in [4.78, 5) is 13.1. The van der Waals surface area contributed by atoms with Crippen LogP contribution in [-0.2, 0) is 16.0 Å². The van der Waals surface area contributed by atoms with Crippen molar-refractivity contribution >= 4 is 11.4 Å². The fourth-order valence-electron chi connectivity index (χ4n) is 4.19. The van der Waals surface area contributed by atoms with Crippen LogP contribution in [0.4, 0.5) is 0 Å². The van der Waals surface area contributed by atoms with Gasteiger partial charge in [-0.2, -0.15) is 0 Å². The van der Waals surface area contributed by atoms with Crippen molar-refractivity contribution in [2.45, 2.75) is 45.3 Å². The van der Waals surface area contributed by atoms with Gasteiger partial charge < -0.3 is 9.47 Å². The molecule has 0 spiro atoms. The quantitative estimate of drug-likeness (QED) is 0.780. The standard InChI is InChI=1S/C23H24O3/c1-22(2)19-13-16-7-6-15(14-8-10-17(25-5)11-9-14)12-18(16)20(19)21(24)23(3,4)26-22/h6-12H,13H2,1-5H3. The van der Waals surface area contributed by atoms with Gasteiger partial charge in [0.15, 0.2) is 5.78 Å². The first kappa shape index (κ1) is 17.0. The Balaban J connectivity index is 1.83. The molecular formula is C23H24O3. The Bertz CT molecular complexity index is 930. The number of ether oxygens (including phenoxy) is 2. The van der Waals surface area contributed by atoms with Crippen molar-refractivity contribution in [2.24, 2.45) is 0 Å². The van der Waals surface area contributed by atoms with E-state index in [9.17, 15) is 4.79 Å². The first-order chi connectivity index (χ1) is 12.2. The second kappa shape index (κ2) is 5.55. The molecule has 1 heterocycles. The van der Waals surface area contributed by atoms with Crippen molar-refractivity contribution in [1.82, 2.24) is 0 Å². The van der Waals surface area contributed by atoms with Crippen molar-refractivity contribution in [3.63, 3.8) is 0 Å². The van der Waals surface area contributed by atoms with Gasteiger partial charge in [-0.15, -0.1) is 0 Å². The van der Waals surface area contributed by atoms with E-state index in [2.05, 4.69) is 32.0 Å². The van der Waals surface area contributed by atoms with Gasteiger partial charge in [-0.25, -0.2) is 0 Å². The van der Waals surface area contributed by atoms with Gasteiger partial charge >= 0.3 is 0 Å². The van der Waals surface area contributed by atoms with Crippen molar-refractivity contribution in [3.05, 3.63) is 59.2 Å². The van der Waals surface area contributed by atoms with Gasteiger partial charge in [0.25, 0.3) is 0 Å². The zero-order valence-electron chi connectivity index (χ0n) is 16.0. The number of fused-ring (bicyclic) bond motifs is 2. The molecule has 2 aromatic rings. The van der Waals surface area contributed by atoms with Crippen LogP contribution in [-0.4, -0.2) is 24.1 Å². The van der Waals surface area contributed by atoms with E-state index >= 15 is 0 Å². The molecule has 0 fully saturated rings. The van der Waals surface area contributed by atoms with Gasteiger partial charge in [0.1, 0.15) is 11.4 Å². The summed E-state index contributed by atoms with van der Waals surface area (Å²) in [5, 5.41) is 0. The zero-order chi connectivity index (χ0) is 18.7. The summed E-state index contributed by atoms with van der Waals surface area (Å²) in [6.07, 6.45) is 0.780. The highest BCUT2D eigenvalue weighted by atomic mass is 16.5. The third-order valence-electron chi connectivity index (χ3n) is 5.48. The number of hydrogen-bond acceptors (Lipinski definition) is 3. The molecule has 0 N–H and O–H groups in total. The van der Waals surface area contributed by atoms with Crippen LogP contribution in [0.25, 0.3) is 16.7 Å².